The lowest BCUT2D eigenvalue weighted by atomic mass is 10.1. The van der Waals surface area contributed by atoms with Crippen molar-refractivity contribution in [3.8, 4) is 5.75 Å². The molecule has 0 fully saturated rings. The second kappa shape index (κ2) is 6.29. The number of rotatable bonds is 4. The summed E-state index contributed by atoms with van der Waals surface area (Å²) in [5.74, 6) is 1.99. The van der Waals surface area contributed by atoms with Crippen molar-refractivity contribution in [1.82, 2.24) is 19.7 Å². The molecule has 1 N–H and O–H groups in total. The zero-order valence-corrected chi connectivity index (χ0v) is 13.3. The van der Waals surface area contributed by atoms with Gasteiger partial charge in [0.25, 0.3) is 0 Å². The van der Waals surface area contributed by atoms with Gasteiger partial charge in [0.05, 0.1) is 12.2 Å². The first-order valence-corrected chi connectivity index (χ1v) is 7.75. The van der Waals surface area contributed by atoms with Crippen molar-refractivity contribution in [3.05, 3.63) is 30.0 Å². The van der Waals surface area contributed by atoms with Gasteiger partial charge in [0.1, 0.15) is 17.4 Å². The van der Waals surface area contributed by atoms with Gasteiger partial charge in [0.2, 0.25) is 0 Å². The van der Waals surface area contributed by atoms with E-state index < -0.39 is 6.36 Å². The van der Waals surface area contributed by atoms with Crippen LogP contribution in [-0.2, 0) is 6.54 Å². The molecule has 0 aliphatic carbocycles. The fourth-order valence-electron chi connectivity index (χ4n) is 2.59. The smallest absolute Gasteiger partial charge is 0.404 e. The molecule has 0 aromatic carbocycles. The molecule has 2 aromatic rings. The highest BCUT2D eigenvalue weighted by Crippen LogP contribution is 2.29. The monoisotopic (exact) mass is 341 g/mol. The van der Waals surface area contributed by atoms with Gasteiger partial charge in [0, 0.05) is 12.5 Å². The molecule has 24 heavy (non-hydrogen) atoms. The van der Waals surface area contributed by atoms with Crippen molar-refractivity contribution < 1.29 is 17.9 Å². The molecule has 2 aromatic heterocycles. The summed E-state index contributed by atoms with van der Waals surface area (Å²) in [5.41, 5.74) is 0. The molecule has 3 heterocycles. The molecular weight excluding hydrogens is 323 g/mol. The van der Waals surface area contributed by atoms with Crippen LogP contribution in [0.15, 0.2) is 18.3 Å². The van der Waals surface area contributed by atoms with Gasteiger partial charge < -0.3 is 10.1 Å². The van der Waals surface area contributed by atoms with E-state index in [2.05, 4.69) is 25.1 Å². The second-order valence-electron chi connectivity index (χ2n) is 5.97. The van der Waals surface area contributed by atoms with Gasteiger partial charge >= 0.3 is 6.36 Å². The molecule has 1 aliphatic rings. The Morgan fingerprint density at radius 3 is 2.75 bits per heavy atom. The molecule has 6 nitrogen and oxygen atoms in total. The Kier molecular flexibility index (Phi) is 4.33. The van der Waals surface area contributed by atoms with Crippen molar-refractivity contribution in [1.29, 1.82) is 0 Å². The summed E-state index contributed by atoms with van der Waals surface area (Å²) in [5, 5.41) is 7.70. The van der Waals surface area contributed by atoms with Crippen LogP contribution in [0.5, 0.6) is 5.75 Å². The van der Waals surface area contributed by atoms with Crippen LogP contribution in [0.3, 0.4) is 0 Å². The molecule has 130 valence electrons. The Bertz CT molecular complexity index is 696. The first-order valence-electron chi connectivity index (χ1n) is 7.75. The van der Waals surface area contributed by atoms with Gasteiger partial charge in [-0.05, 0) is 25.0 Å². The van der Waals surface area contributed by atoms with E-state index in [1.54, 1.807) is 0 Å². The molecular formula is C15H18F3N5O. The normalized spacial score (nSPS) is 17.7. The topological polar surface area (TPSA) is 64.9 Å². The molecule has 1 atom stereocenters. The molecule has 9 heteroatoms. The van der Waals surface area contributed by atoms with Crippen LogP contribution >= 0.6 is 0 Å². The molecule has 3 rings (SSSR count). The summed E-state index contributed by atoms with van der Waals surface area (Å²) in [4.78, 5) is 8.56. The largest absolute Gasteiger partial charge is 0.573 e. The minimum Gasteiger partial charge on any atom is -0.404 e. The molecule has 0 bridgehead atoms. The fourth-order valence-corrected chi connectivity index (χ4v) is 2.59. The summed E-state index contributed by atoms with van der Waals surface area (Å²) >= 11 is 0. The Morgan fingerprint density at radius 2 is 2.12 bits per heavy atom. The van der Waals surface area contributed by atoms with Gasteiger partial charge in [-0.1, -0.05) is 13.8 Å². The maximum Gasteiger partial charge on any atom is 0.573 e. The third kappa shape index (κ3) is 3.77. The first kappa shape index (κ1) is 16.5. The van der Waals surface area contributed by atoms with Crippen LogP contribution in [-0.4, -0.2) is 26.1 Å². The summed E-state index contributed by atoms with van der Waals surface area (Å²) in [6.07, 6.45) is -1.87. The zero-order chi connectivity index (χ0) is 17.3. The summed E-state index contributed by atoms with van der Waals surface area (Å²) in [7, 11) is 0. The molecule has 1 aliphatic heterocycles. The van der Waals surface area contributed by atoms with Crippen LogP contribution in [0, 0.1) is 0 Å². The molecule has 0 amide bonds. The first-order chi connectivity index (χ1) is 11.3. The summed E-state index contributed by atoms with van der Waals surface area (Å²) in [6, 6.07) is 2.62. The van der Waals surface area contributed by atoms with Crippen molar-refractivity contribution in [2.24, 2.45) is 0 Å². The number of aryl methyl sites for hydroxylation is 1. The Labute approximate surface area is 137 Å². The van der Waals surface area contributed by atoms with Gasteiger partial charge in [-0.25, -0.2) is 14.6 Å². The summed E-state index contributed by atoms with van der Waals surface area (Å²) < 4.78 is 42.2. The third-order valence-corrected chi connectivity index (χ3v) is 3.70. The van der Waals surface area contributed by atoms with Crippen molar-refractivity contribution >= 4 is 5.82 Å². The predicted octanol–water partition coefficient (Wildman–Crippen LogP) is 3.64. The Hall–Kier alpha value is -2.32. The average Bonchev–Trinajstić information content (AvgIpc) is 2.93. The number of ether oxygens (including phenoxy) is 1. The maximum absolute atomic E-state index is 12.2. The number of halogens is 3. The van der Waals surface area contributed by atoms with Gasteiger partial charge in [-0.2, -0.15) is 5.10 Å². The van der Waals surface area contributed by atoms with E-state index in [0.29, 0.717) is 5.82 Å². The molecule has 0 saturated carbocycles. The number of hydrogen-bond acceptors (Lipinski definition) is 5. The van der Waals surface area contributed by atoms with E-state index in [1.807, 2.05) is 18.5 Å². The van der Waals surface area contributed by atoms with Crippen LogP contribution < -0.4 is 10.1 Å². The van der Waals surface area contributed by atoms with Crippen molar-refractivity contribution in [2.45, 2.75) is 51.6 Å². The number of nitrogens with one attached hydrogen (secondary N) is 1. The van der Waals surface area contributed by atoms with Crippen molar-refractivity contribution in [3.63, 3.8) is 0 Å². The number of anilines is 1. The summed E-state index contributed by atoms with van der Waals surface area (Å²) in [6.45, 7) is 4.88. The lowest BCUT2D eigenvalue weighted by Crippen LogP contribution is -2.23. The number of aromatic nitrogens is 4. The van der Waals surface area contributed by atoms with Gasteiger partial charge in [0.15, 0.2) is 5.82 Å². The highest BCUT2D eigenvalue weighted by Gasteiger charge is 2.31. The van der Waals surface area contributed by atoms with Crippen LogP contribution in [0.25, 0.3) is 0 Å². The fraction of sp³-hybridized carbons (Fsp3) is 0.533. The minimum atomic E-state index is -4.72. The lowest BCUT2D eigenvalue weighted by Gasteiger charge is -2.23. The minimum absolute atomic E-state index is 0.0689. The van der Waals surface area contributed by atoms with Crippen LogP contribution in [0.2, 0.25) is 0 Å². The zero-order valence-electron chi connectivity index (χ0n) is 13.3. The number of alkyl halides is 3. The molecule has 0 saturated heterocycles. The molecule has 1 unspecified atom stereocenters. The number of fused-ring (bicyclic) bond motifs is 1. The maximum atomic E-state index is 12.2. The van der Waals surface area contributed by atoms with E-state index >= 15 is 0 Å². The quantitative estimate of drug-likeness (QED) is 0.920. The lowest BCUT2D eigenvalue weighted by molar-refractivity contribution is -0.274. The second-order valence-corrected chi connectivity index (χ2v) is 5.97. The molecule has 0 radical (unpaired) electrons. The third-order valence-electron chi connectivity index (χ3n) is 3.70. The van der Waals surface area contributed by atoms with Crippen LogP contribution in [0.1, 0.15) is 50.3 Å². The van der Waals surface area contributed by atoms with E-state index in [0.717, 1.165) is 37.2 Å². The van der Waals surface area contributed by atoms with E-state index in [9.17, 15) is 13.2 Å². The highest BCUT2D eigenvalue weighted by molar-refractivity contribution is 5.39. The highest BCUT2D eigenvalue weighted by atomic mass is 19.4. The van der Waals surface area contributed by atoms with Crippen molar-refractivity contribution in [2.75, 3.05) is 5.32 Å². The van der Waals surface area contributed by atoms with Gasteiger partial charge in [-0.3, -0.25) is 0 Å². The standard InChI is InChI=1S/C15H18F3N5O/c1-9(2)13-21-14-11(4-3-7-23(14)22-13)20-12-6-5-10(8-19-12)24-15(16,17)18/h5-6,8-9,11H,3-4,7H2,1-2H3,(H,19,20). The van der Waals surface area contributed by atoms with Gasteiger partial charge in [-0.15, -0.1) is 13.2 Å². The molecule has 0 spiro atoms. The van der Waals surface area contributed by atoms with E-state index in [1.165, 1.54) is 12.1 Å². The number of pyridine rings is 1. The van der Waals surface area contributed by atoms with E-state index in [4.69, 9.17) is 0 Å². The number of nitrogens with zero attached hydrogens (tertiary/aromatic N) is 4. The SMILES string of the molecule is CC(C)c1nc2n(n1)CCCC2Nc1ccc(OC(F)(F)F)cn1. The van der Waals surface area contributed by atoms with Crippen LogP contribution in [0.4, 0.5) is 19.0 Å². The number of hydrogen-bond donors (Lipinski definition) is 1. The average molecular weight is 341 g/mol. The Morgan fingerprint density at radius 1 is 1.33 bits per heavy atom. The van der Waals surface area contributed by atoms with E-state index in [-0.39, 0.29) is 17.7 Å². The predicted molar refractivity (Wildman–Crippen MR) is 80.6 cm³/mol. The Balaban J connectivity index is 1.73.